The number of fused-ring (bicyclic) bond motifs is 1. The standard InChI is InChI=1S/C17H16N4O3/c1-24-14(22)10-19-17(23)21-16-12-6-2-3-7-13(12)20-15(16)11-5-4-8-18-9-11/h2-9,20H,10H2,1H3,(H2,19,21,23). The van der Waals surface area contributed by atoms with Crippen LogP contribution in [0.25, 0.3) is 22.2 Å². The van der Waals surface area contributed by atoms with E-state index in [2.05, 4.69) is 25.3 Å². The second-order valence-electron chi connectivity index (χ2n) is 5.05. The van der Waals surface area contributed by atoms with Crippen LogP contribution in [0.1, 0.15) is 0 Å². The summed E-state index contributed by atoms with van der Waals surface area (Å²) in [5.74, 6) is -0.517. The van der Waals surface area contributed by atoms with Crippen LogP contribution in [0.5, 0.6) is 0 Å². The molecule has 0 fully saturated rings. The number of aromatic amines is 1. The summed E-state index contributed by atoms with van der Waals surface area (Å²) < 4.78 is 4.50. The Morgan fingerprint density at radius 2 is 2.04 bits per heavy atom. The minimum absolute atomic E-state index is 0.201. The van der Waals surface area contributed by atoms with Gasteiger partial charge in [-0.15, -0.1) is 0 Å². The van der Waals surface area contributed by atoms with Gasteiger partial charge in [0.25, 0.3) is 0 Å². The fourth-order valence-electron chi connectivity index (χ4n) is 2.38. The number of aromatic nitrogens is 2. The molecule has 0 atom stereocenters. The Morgan fingerprint density at radius 3 is 2.79 bits per heavy atom. The van der Waals surface area contributed by atoms with Gasteiger partial charge in [0.05, 0.1) is 18.5 Å². The van der Waals surface area contributed by atoms with Crippen LogP contribution in [0.15, 0.2) is 48.8 Å². The number of hydrogen-bond acceptors (Lipinski definition) is 4. The lowest BCUT2D eigenvalue weighted by Crippen LogP contribution is -2.33. The molecule has 0 aliphatic carbocycles. The molecule has 0 saturated carbocycles. The van der Waals surface area contributed by atoms with Crippen LogP contribution in [0.2, 0.25) is 0 Å². The first-order valence-electron chi connectivity index (χ1n) is 7.32. The van der Waals surface area contributed by atoms with E-state index in [-0.39, 0.29) is 6.54 Å². The first-order valence-corrected chi connectivity index (χ1v) is 7.32. The van der Waals surface area contributed by atoms with Crippen molar-refractivity contribution in [2.75, 3.05) is 19.0 Å². The topological polar surface area (TPSA) is 96.1 Å². The van der Waals surface area contributed by atoms with Gasteiger partial charge in [0.1, 0.15) is 6.54 Å². The number of carbonyl (C=O) groups excluding carboxylic acids is 2. The van der Waals surface area contributed by atoms with E-state index in [1.54, 1.807) is 12.4 Å². The lowest BCUT2D eigenvalue weighted by atomic mass is 10.1. The molecule has 3 aromatic rings. The first kappa shape index (κ1) is 15.5. The SMILES string of the molecule is COC(=O)CNC(=O)Nc1c(-c2cccnc2)[nH]c2ccccc12. The summed E-state index contributed by atoms with van der Waals surface area (Å²) in [5.41, 5.74) is 3.11. The number of hydrogen-bond donors (Lipinski definition) is 3. The zero-order chi connectivity index (χ0) is 16.9. The zero-order valence-electron chi connectivity index (χ0n) is 13.0. The van der Waals surface area contributed by atoms with Crippen LogP contribution in [0, 0.1) is 0 Å². The second kappa shape index (κ2) is 6.82. The molecule has 2 aromatic heterocycles. The lowest BCUT2D eigenvalue weighted by Gasteiger charge is -2.08. The number of methoxy groups -OCH3 is 1. The van der Waals surface area contributed by atoms with Crippen molar-refractivity contribution in [3.05, 3.63) is 48.8 Å². The Kier molecular flexibility index (Phi) is 4.42. The largest absolute Gasteiger partial charge is 0.468 e. The molecule has 0 aliphatic rings. The van der Waals surface area contributed by atoms with Crippen molar-refractivity contribution >= 4 is 28.6 Å². The highest BCUT2D eigenvalue weighted by atomic mass is 16.5. The van der Waals surface area contributed by atoms with Crippen molar-refractivity contribution in [2.24, 2.45) is 0 Å². The van der Waals surface area contributed by atoms with Gasteiger partial charge >= 0.3 is 12.0 Å². The highest BCUT2D eigenvalue weighted by Gasteiger charge is 2.15. The average Bonchev–Trinajstić information content (AvgIpc) is 2.99. The predicted octanol–water partition coefficient (Wildman–Crippen LogP) is 2.52. The molecule has 3 rings (SSSR count). The molecule has 0 bridgehead atoms. The van der Waals surface area contributed by atoms with Gasteiger partial charge in [0.2, 0.25) is 0 Å². The van der Waals surface area contributed by atoms with Crippen LogP contribution in [0.4, 0.5) is 10.5 Å². The van der Waals surface area contributed by atoms with Gasteiger partial charge < -0.3 is 20.4 Å². The van der Waals surface area contributed by atoms with E-state index in [1.165, 1.54) is 7.11 Å². The molecular weight excluding hydrogens is 308 g/mol. The zero-order valence-corrected chi connectivity index (χ0v) is 13.0. The third-order valence-corrected chi connectivity index (χ3v) is 3.52. The number of para-hydroxylation sites is 1. The van der Waals surface area contributed by atoms with Gasteiger partial charge in [0, 0.05) is 28.9 Å². The fourth-order valence-corrected chi connectivity index (χ4v) is 2.38. The van der Waals surface area contributed by atoms with E-state index in [0.717, 1.165) is 22.2 Å². The van der Waals surface area contributed by atoms with E-state index in [0.29, 0.717) is 5.69 Å². The monoisotopic (exact) mass is 324 g/mol. The summed E-state index contributed by atoms with van der Waals surface area (Å²) >= 11 is 0. The maximum Gasteiger partial charge on any atom is 0.325 e. The third kappa shape index (κ3) is 3.19. The van der Waals surface area contributed by atoms with Gasteiger partial charge in [-0.2, -0.15) is 0 Å². The molecule has 7 heteroatoms. The summed E-state index contributed by atoms with van der Waals surface area (Å²) in [6.45, 7) is -0.201. The van der Waals surface area contributed by atoms with Crippen molar-refractivity contribution in [1.82, 2.24) is 15.3 Å². The molecule has 0 unspecified atom stereocenters. The normalized spacial score (nSPS) is 10.4. The van der Waals surface area contributed by atoms with Crippen molar-refractivity contribution in [3.8, 4) is 11.3 Å². The third-order valence-electron chi connectivity index (χ3n) is 3.52. The summed E-state index contributed by atoms with van der Waals surface area (Å²) in [7, 11) is 1.27. The van der Waals surface area contributed by atoms with Crippen LogP contribution >= 0.6 is 0 Å². The summed E-state index contributed by atoms with van der Waals surface area (Å²) in [5, 5.41) is 6.12. The Bertz CT molecular complexity index is 874. The molecule has 0 spiro atoms. The number of carbonyl (C=O) groups is 2. The molecule has 24 heavy (non-hydrogen) atoms. The van der Waals surface area contributed by atoms with Gasteiger partial charge in [-0.25, -0.2) is 4.79 Å². The quantitative estimate of drug-likeness (QED) is 0.643. The number of esters is 1. The van der Waals surface area contributed by atoms with E-state index in [1.807, 2.05) is 36.4 Å². The number of pyridine rings is 1. The molecule has 3 N–H and O–H groups in total. The minimum atomic E-state index is -0.517. The number of rotatable bonds is 4. The number of nitrogens with one attached hydrogen (secondary N) is 3. The van der Waals surface area contributed by atoms with E-state index >= 15 is 0 Å². The van der Waals surface area contributed by atoms with E-state index in [9.17, 15) is 9.59 Å². The number of amides is 2. The van der Waals surface area contributed by atoms with Gasteiger partial charge in [-0.1, -0.05) is 18.2 Å². The Labute approximate surface area is 138 Å². The minimum Gasteiger partial charge on any atom is -0.468 e. The van der Waals surface area contributed by atoms with Gasteiger partial charge in [-0.3, -0.25) is 9.78 Å². The highest BCUT2D eigenvalue weighted by Crippen LogP contribution is 2.34. The predicted molar refractivity (Wildman–Crippen MR) is 90.6 cm³/mol. The molecule has 0 radical (unpaired) electrons. The molecular formula is C17H16N4O3. The van der Waals surface area contributed by atoms with Crippen molar-refractivity contribution in [3.63, 3.8) is 0 Å². The van der Waals surface area contributed by atoms with Gasteiger partial charge in [0.15, 0.2) is 0 Å². The van der Waals surface area contributed by atoms with Crippen LogP contribution < -0.4 is 10.6 Å². The fraction of sp³-hybridized carbons (Fsp3) is 0.118. The van der Waals surface area contributed by atoms with Gasteiger partial charge in [-0.05, 0) is 18.2 Å². The number of ether oxygens (including phenoxy) is 1. The maximum atomic E-state index is 12.1. The van der Waals surface area contributed by atoms with Crippen molar-refractivity contribution in [1.29, 1.82) is 0 Å². The van der Waals surface area contributed by atoms with Crippen molar-refractivity contribution < 1.29 is 14.3 Å². The summed E-state index contributed by atoms with van der Waals surface area (Å²) in [6, 6.07) is 10.9. The maximum absolute atomic E-state index is 12.1. The average molecular weight is 324 g/mol. The smallest absolute Gasteiger partial charge is 0.325 e. The Hall–Kier alpha value is -3.35. The number of urea groups is 1. The molecule has 7 nitrogen and oxygen atoms in total. The first-order chi connectivity index (χ1) is 11.7. The molecule has 0 saturated heterocycles. The van der Waals surface area contributed by atoms with Crippen molar-refractivity contribution in [2.45, 2.75) is 0 Å². The highest BCUT2D eigenvalue weighted by molar-refractivity contribution is 6.07. The van der Waals surface area contributed by atoms with Crippen LogP contribution in [-0.2, 0) is 9.53 Å². The van der Waals surface area contributed by atoms with Crippen LogP contribution in [-0.4, -0.2) is 35.6 Å². The van der Waals surface area contributed by atoms with E-state index in [4.69, 9.17) is 0 Å². The molecule has 1 aromatic carbocycles. The number of anilines is 1. The molecule has 0 aliphatic heterocycles. The van der Waals surface area contributed by atoms with E-state index < -0.39 is 12.0 Å². The lowest BCUT2D eigenvalue weighted by molar-refractivity contribution is -0.139. The number of nitrogens with zero attached hydrogens (tertiary/aromatic N) is 1. The van der Waals surface area contributed by atoms with Crippen LogP contribution in [0.3, 0.4) is 0 Å². The Morgan fingerprint density at radius 1 is 1.21 bits per heavy atom. The number of benzene rings is 1. The summed E-state index contributed by atoms with van der Waals surface area (Å²) in [6.07, 6.45) is 3.39. The summed E-state index contributed by atoms with van der Waals surface area (Å²) in [4.78, 5) is 30.6. The number of H-pyrrole nitrogens is 1. The molecule has 122 valence electrons. The second-order valence-corrected chi connectivity index (χ2v) is 5.05. The molecule has 2 heterocycles. The Balaban J connectivity index is 1.93. The molecule has 2 amide bonds.